The lowest BCUT2D eigenvalue weighted by Crippen LogP contribution is -2.24. The van der Waals surface area contributed by atoms with Crippen molar-refractivity contribution in [2.45, 2.75) is 31.2 Å². The van der Waals surface area contributed by atoms with Gasteiger partial charge in [0.2, 0.25) is 21.8 Å². The molecule has 27 heavy (non-hydrogen) atoms. The maximum Gasteiger partial charge on any atom is 0.240 e. The summed E-state index contributed by atoms with van der Waals surface area (Å²) < 4.78 is 27.4. The molecule has 1 fully saturated rings. The van der Waals surface area contributed by atoms with E-state index in [1.54, 1.807) is 4.90 Å². The van der Waals surface area contributed by atoms with Gasteiger partial charge < -0.3 is 10.2 Å². The molecule has 0 atom stereocenters. The van der Waals surface area contributed by atoms with Gasteiger partial charge in [0.15, 0.2) is 0 Å². The zero-order valence-electron chi connectivity index (χ0n) is 14.9. The summed E-state index contributed by atoms with van der Waals surface area (Å²) in [6.07, 6.45) is 1.43. The number of nitrogens with one attached hydrogen (secondary N) is 2. The minimum Gasteiger partial charge on any atom is -0.326 e. The van der Waals surface area contributed by atoms with Crippen LogP contribution < -0.4 is 14.9 Å². The molecule has 1 saturated heterocycles. The molecule has 2 aromatic rings. The standard InChI is InChI=1S/C19H21N3O4S/c1-14(23)21-16-6-10-18(11-7-16)27(25,26)20-13-15-4-8-17(9-5-15)22-12-2-3-19(22)24/h4-11,20H,2-3,12-13H2,1H3,(H,21,23). The van der Waals surface area contributed by atoms with Crippen LogP contribution in [0.5, 0.6) is 0 Å². The monoisotopic (exact) mass is 387 g/mol. The van der Waals surface area contributed by atoms with Crippen LogP contribution in [0.2, 0.25) is 0 Å². The van der Waals surface area contributed by atoms with Crippen molar-refractivity contribution < 1.29 is 18.0 Å². The average molecular weight is 387 g/mol. The van der Waals surface area contributed by atoms with Crippen LogP contribution in [0.1, 0.15) is 25.3 Å². The van der Waals surface area contributed by atoms with Gasteiger partial charge in [0.25, 0.3) is 0 Å². The largest absolute Gasteiger partial charge is 0.326 e. The third-order valence-corrected chi connectivity index (χ3v) is 5.69. The van der Waals surface area contributed by atoms with Crippen LogP contribution in [0.15, 0.2) is 53.4 Å². The summed E-state index contributed by atoms with van der Waals surface area (Å²) in [4.78, 5) is 24.6. The van der Waals surface area contributed by atoms with Crippen molar-refractivity contribution in [3.63, 3.8) is 0 Å². The third kappa shape index (κ3) is 4.72. The molecule has 8 heteroatoms. The number of rotatable bonds is 6. The van der Waals surface area contributed by atoms with E-state index in [-0.39, 0.29) is 23.3 Å². The zero-order chi connectivity index (χ0) is 19.4. The van der Waals surface area contributed by atoms with Gasteiger partial charge in [-0.15, -0.1) is 0 Å². The summed E-state index contributed by atoms with van der Waals surface area (Å²) in [5.74, 6) is -0.103. The fraction of sp³-hybridized carbons (Fsp3) is 0.263. The molecule has 1 aliphatic heterocycles. The van der Waals surface area contributed by atoms with Crippen molar-refractivity contribution >= 4 is 33.2 Å². The molecular formula is C19H21N3O4S. The van der Waals surface area contributed by atoms with E-state index in [0.29, 0.717) is 12.1 Å². The summed E-state index contributed by atoms with van der Waals surface area (Å²) >= 11 is 0. The minimum absolute atomic E-state index is 0.117. The molecule has 0 saturated carbocycles. The molecule has 142 valence electrons. The van der Waals surface area contributed by atoms with Crippen LogP contribution in [-0.2, 0) is 26.2 Å². The van der Waals surface area contributed by atoms with Crippen molar-refractivity contribution in [1.82, 2.24) is 4.72 Å². The topological polar surface area (TPSA) is 95.6 Å². The Kier molecular flexibility index (Phi) is 5.57. The van der Waals surface area contributed by atoms with E-state index in [1.165, 1.54) is 31.2 Å². The minimum atomic E-state index is -3.67. The van der Waals surface area contributed by atoms with Gasteiger partial charge in [0.1, 0.15) is 0 Å². The molecule has 2 aromatic carbocycles. The summed E-state index contributed by atoms with van der Waals surface area (Å²) in [6, 6.07) is 13.2. The van der Waals surface area contributed by atoms with Gasteiger partial charge in [-0.2, -0.15) is 0 Å². The number of sulfonamides is 1. The molecule has 0 spiro atoms. The van der Waals surface area contributed by atoms with Gasteiger partial charge in [-0.25, -0.2) is 13.1 Å². The molecule has 0 aliphatic carbocycles. The van der Waals surface area contributed by atoms with Gasteiger partial charge in [-0.1, -0.05) is 12.1 Å². The van der Waals surface area contributed by atoms with Crippen molar-refractivity contribution in [2.75, 3.05) is 16.8 Å². The summed E-state index contributed by atoms with van der Waals surface area (Å²) in [7, 11) is -3.67. The summed E-state index contributed by atoms with van der Waals surface area (Å²) in [5, 5.41) is 2.59. The van der Waals surface area contributed by atoms with E-state index < -0.39 is 10.0 Å². The first kappa shape index (κ1) is 19.1. The van der Waals surface area contributed by atoms with Crippen molar-refractivity contribution in [2.24, 2.45) is 0 Å². The SMILES string of the molecule is CC(=O)Nc1ccc(S(=O)(=O)NCc2ccc(N3CCCC3=O)cc2)cc1. The number of hydrogen-bond acceptors (Lipinski definition) is 4. The van der Waals surface area contributed by atoms with E-state index >= 15 is 0 Å². The highest BCUT2D eigenvalue weighted by atomic mass is 32.2. The smallest absolute Gasteiger partial charge is 0.240 e. The Morgan fingerprint density at radius 3 is 2.30 bits per heavy atom. The Balaban J connectivity index is 1.63. The van der Waals surface area contributed by atoms with Crippen molar-refractivity contribution in [3.05, 3.63) is 54.1 Å². The van der Waals surface area contributed by atoms with E-state index in [1.807, 2.05) is 24.3 Å². The van der Waals surface area contributed by atoms with Gasteiger partial charge in [0, 0.05) is 37.8 Å². The van der Waals surface area contributed by atoms with Crippen LogP contribution >= 0.6 is 0 Å². The predicted octanol–water partition coefficient (Wildman–Crippen LogP) is 2.25. The molecular weight excluding hydrogens is 366 g/mol. The highest BCUT2D eigenvalue weighted by Crippen LogP contribution is 2.22. The Morgan fingerprint density at radius 2 is 1.74 bits per heavy atom. The lowest BCUT2D eigenvalue weighted by Gasteiger charge is -2.16. The number of anilines is 2. The van der Waals surface area contributed by atoms with Gasteiger partial charge in [0.05, 0.1) is 4.90 Å². The maximum absolute atomic E-state index is 12.4. The molecule has 2 N–H and O–H groups in total. The first-order valence-corrected chi connectivity index (χ1v) is 10.1. The number of hydrogen-bond donors (Lipinski definition) is 2. The number of nitrogens with zero attached hydrogens (tertiary/aromatic N) is 1. The fourth-order valence-corrected chi connectivity index (χ4v) is 3.91. The maximum atomic E-state index is 12.4. The Labute approximate surface area is 158 Å². The molecule has 2 amide bonds. The molecule has 7 nitrogen and oxygen atoms in total. The third-order valence-electron chi connectivity index (χ3n) is 4.27. The average Bonchev–Trinajstić information content (AvgIpc) is 3.06. The molecule has 0 radical (unpaired) electrons. The molecule has 0 aromatic heterocycles. The first-order valence-electron chi connectivity index (χ1n) is 8.62. The Bertz CT molecular complexity index is 938. The lowest BCUT2D eigenvalue weighted by atomic mass is 10.2. The number of carbonyl (C=O) groups is 2. The number of amides is 2. The van der Waals surface area contributed by atoms with Crippen LogP contribution in [-0.4, -0.2) is 26.8 Å². The Hall–Kier alpha value is -2.71. The van der Waals surface area contributed by atoms with Crippen molar-refractivity contribution in [3.8, 4) is 0 Å². The second-order valence-electron chi connectivity index (χ2n) is 6.35. The second kappa shape index (κ2) is 7.89. The molecule has 1 heterocycles. The van der Waals surface area contributed by atoms with Gasteiger partial charge in [-0.05, 0) is 48.4 Å². The zero-order valence-corrected chi connectivity index (χ0v) is 15.8. The van der Waals surface area contributed by atoms with Crippen LogP contribution in [0.25, 0.3) is 0 Å². The van der Waals surface area contributed by atoms with E-state index in [0.717, 1.165) is 24.2 Å². The number of benzene rings is 2. The predicted molar refractivity (Wildman–Crippen MR) is 103 cm³/mol. The lowest BCUT2D eigenvalue weighted by molar-refractivity contribution is -0.117. The van der Waals surface area contributed by atoms with Gasteiger partial charge in [-0.3, -0.25) is 9.59 Å². The van der Waals surface area contributed by atoms with E-state index in [2.05, 4.69) is 10.0 Å². The van der Waals surface area contributed by atoms with Crippen molar-refractivity contribution in [1.29, 1.82) is 0 Å². The fourth-order valence-electron chi connectivity index (χ4n) is 2.90. The van der Waals surface area contributed by atoms with Crippen LogP contribution in [0.4, 0.5) is 11.4 Å². The normalized spacial score (nSPS) is 14.4. The second-order valence-corrected chi connectivity index (χ2v) is 8.11. The number of carbonyl (C=O) groups excluding carboxylic acids is 2. The molecule has 1 aliphatic rings. The van der Waals surface area contributed by atoms with E-state index in [9.17, 15) is 18.0 Å². The molecule has 3 rings (SSSR count). The Morgan fingerprint density at radius 1 is 1.07 bits per heavy atom. The van der Waals surface area contributed by atoms with Crippen LogP contribution in [0, 0.1) is 0 Å². The van der Waals surface area contributed by atoms with E-state index in [4.69, 9.17) is 0 Å². The highest BCUT2D eigenvalue weighted by Gasteiger charge is 2.21. The molecule has 0 unspecified atom stereocenters. The quantitative estimate of drug-likeness (QED) is 0.795. The molecule has 0 bridgehead atoms. The van der Waals surface area contributed by atoms with Gasteiger partial charge >= 0.3 is 0 Å². The summed E-state index contributed by atoms with van der Waals surface area (Å²) in [6.45, 7) is 2.25. The summed E-state index contributed by atoms with van der Waals surface area (Å²) in [5.41, 5.74) is 2.16. The van der Waals surface area contributed by atoms with Crippen LogP contribution in [0.3, 0.4) is 0 Å². The first-order chi connectivity index (χ1) is 12.8. The highest BCUT2D eigenvalue weighted by molar-refractivity contribution is 7.89.